The number of fused-ring (bicyclic) bond motifs is 1. The van der Waals surface area contributed by atoms with E-state index in [1.807, 2.05) is 24.3 Å². The molecule has 2 N–H and O–H groups in total. The van der Waals surface area contributed by atoms with Gasteiger partial charge in [-0.3, -0.25) is 14.5 Å². The molecule has 0 aliphatic carbocycles. The fourth-order valence-electron chi connectivity index (χ4n) is 3.08. The molecule has 0 spiro atoms. The van der Waals surface area contributed by atoms with Gasteiger partial charge in [-0.05, 0) is 42.3 Å². The smallest absolute Gasteiger partial charge is 0.319 e. The van der Waals surface area contributed by atoms with Crippen LogP contribution in [0, 0.1) is 0 Å². The van der Waals surface area contributed by atoms with Gasteiger partial charge in [-0.1, -0.05) is 12.1 Å². The molecule has 29 heavy (non-hydrogen) atoms. The van der Waals surface area contributed by atoms with Gasteiger partial charge in [0.05, 0.1) is 18.2 Å². The first kappa shape index (κ1) is 20.3. The lowest BCUT2D eigenvalue weighted by Crippen LogP contribution is -2.31. The number of ether oxygens (including phenoxy) is 2. The number of nitrogens with one attached hydrogen (secondary N) is 2. The second-order valence-corrected chi connectivity index (χ2v) is 6.53. The number of imide groups is 1. The molecule has 2 aromatic rings. The first-order chi connectivity index (χ1) is 14.0. The number of carbonyl (C=O) groups excluding carboxylic acids is 3. The maximum atomic E-state index is 12.5. The van der Waals surface area contributed by atoms with Gasteiger partial charge in [-0.2, -0.15) is 0 Å². The van der Waals surface area contributed by atoms with Crippen LogP contribution < -0.4 is 15.4 Å². The molecule has 0 bridgehead atoms. The monoisotopic (exact) mass is 397 g/mol. The first-order valence-electron chi connectivity index (χ1n) is 9.20. The molecule has 0 saturated heterocycles. The van der Waals surface area contributed by atoms with E-state index in [1.54, 1.807) is 26.4 Å². The van der Waals surface area contributed by atoms with Crippen LogP contribution in [-0.4, -0.2) is 50.1 Å². The van der Waals surface area contributed by atoms with Crippen molar-refractivity contribution in [1.29, 1.82) is 0 Å². The van der Waals surface area contributed by atoms with Crippen molar-refractivity contribution in [2.75, 3.05) is 32.7 Å². The van der Waals surface area contributed by atoms with E-state index in [2.05, 4.69) is 10.6 Å². The Morgan fingerprint density at radius 2 is 1.83 bits per heavy atom. The van der Waals surface area contributed by atoms with Gasteiger partial charge in [0.1, 0.15) is 5.75 Å². The first-order valence-corrected chi connectivity index (χ1v) is 9.20. The average molecular weight is 397 g/mol. The molecule has 2 aromatic carbocycles. The lowest BCUT2D eigenvalue weighted by molar-refractivity contribution is 0.0638. The molecule has 0 atom stereocenters. The van der Waals surface area contributed by atoms with Crippen molar-refractivity contribution in [3.8, 4) is 5.75 Å². The Kier molecular flexibility index (Phi) is 6.46. The number of anilines is 1. The highest BCUT2D eigenvalue weighted by Crippen LogP contribution is 2.26. The number of nitrogens with zero attached hydrogens (tertiary/aromatic N) is 1. The zero-order valence-corrected chi connectivity index (χ0v) is 16.4. The summed E-state index contributed by atoms with van der Waals surface area (Å²) in [5.74, 6) is 0.0261. The summed E-state index contributed by atoms with van der Waals surface area (Å²) in [6, 6.07) is 11.6. The maximum absolute atomic E-state index is 12.5. The second-order valence-electron chi connectivity index (χ2n) is 6.53. The molecule has 0 unspecified atom stereocenters. The quantitative estimate of drug-likeness (QED) is 0.527. The zero-order chi connectivity index (χ0) is 20.8. The molecule has 152 valence electrons. The molecule has 0 radical (unpaired) electrons. The van der Waals surface area contributed by atoms with E-state index in [0.717, 1.165) is 5.56 Å². The summed E-state index contributed by atoms with van der Waals surface area (Å²) < 4.78 is 10.1. The van der Waals surface area contributed by atoms with Crippen LogP contribution >= 0.6 is 0 Å². The molecule has 1 aliphatic heterocycles. The summed E-state index contributed by atoms with van der Waals surface area (Å²) in [5.41, 5.74) is 1.96. The number of hydrogen-bond donors (Lipinski definition) is 2. The third-order valence-electron chi connectivity index (χ3n) is 4.55. The minimum Gasteiger partial charge on any atom is -0.497 e. The van der Waals surface area contributed by atoms with Crippen LogP contribution in [0.3, 0.4) is 0 Å². The SMILES string of the molecule is COCCCN1C(=O)c2ccc(NC(=O)NCc3cccc(OC)c3)cc2C1=O. The normalized spacial score (nSPS) is 12.7. The highest BCUT2D eigenvalue weighted by Gasteiger charge is 2.35. The predicted octanol–water partition coefficient (Wildman–Crippen LogP) is 2.65. The fourth-order valence-corrected chi connectivity index (χ4v) is 3.08. The van der Waals surface area contributed by atoms with Crippen LogP contribution in [0.15, 0.2) is 42.5 Å². The molecule has 1 heterocycles. The summed E-state index contributed by atoms with van der Waals surface area (Å²) in [6.45, 7) is 1.08. The van der Waals surface area contributed by atoms with Gasteiger partial charge < -0.3 is 20.1 Å². The van der Waals surface area contributed by atoms with E-state index in [1.165, 1.54) is 11.0 Å². The third kappa shape index (κ3) is 4.72. The van der Waals surface area contributed by atoms with Crippen molar-refractivity contribution in [3.63, 3.8) is 0 Å². The van der Waals surface area contributed by atoms with Gasteiger partial charge in [0.2, 0.25) is 0 Å². The van der Waals surface area contributed by atoms with Gasteiger partial charge in [0, 0.05) is 32.5 Å². The van der Waals surface area contributed by atoms with E-state index < -0.39 is 6.03 Å². The Morgan fingerprint density at radius 1 is 1.03 bits per heavy atom. The Hall–Kier alpha value is -3.39. The van der Waals surface area contributed by atoms with Crippen LogP contribution in [-0.2, 0) is 11.3 Å². The van der Waals surface area contributed by atoms with Crippen molar-refractivity contribution >= 4 is 23.5 Å². The van der Waals surface area contributed by atoms with Gasteiger partial charge in [-0.25, -0.2) is 4.79 Å². The molecule has 0 fully saturated rings. The number of hydrogen-bond acceptors (Lipinski definition) is 5. The van der Waals surface area contributed by atoms with Gasteiger partial charge in [0.15, 0.2) is 0 Å². The van der Waals surface area contributed by atoms with E-state index >= 15 is 0 Å². The third-order valence-corrected chi connectivity index (χ3v) is 4.55. The van der Waals surface area contributed by atoms with Crippen molar-refractivity contribution in [1.82, 2.24) is 10.2 Å². The standard InChI is InChI=1S/C21H23N3O5/c1-28-10-4-9-24-19(25)17-8-7-15(12-18(17)20(24)26)23-21(27)22-13-14-5-3-6-16(11-14)29-2/h3,5-8,11-12H,4,9-10,13H2,1-2H3,(H2,22,23,27). The summed E-state index contributed by atoms with van der Waals surface area (Å²) in [4.78, 5) is 38.3. The average Bonchev–Trinajstić information content (AvgIpc) is 2.97. The lowest BCUT2D eigenvalue weighted by atomic mass is 10.1. The van der Waals surface area contributed by atoms with E-state index in [4.69, 9.17) is 9.47 Å². The summed E-state index contributed by atoms with van der Waals surface area (Å²) in [5, 5.41) is 5.44. The topological polar surface area (TPSA) is 97.0 Å². The maximum Gasteiger partial charge on any atom is 0.319 e. The number of urea groups is 1. The largest absolute Gasteiger partial charge is 0.497 e. The Balaban J connectivity index is 1.61. The zero-order valence-electron chi connectivity index (χ0n) is 16.4. The molecule has 0 aromatic heterocycles. The molecule has 0 saturated carbocycles. The van der Waals surface area contributed by atoms with Crippen LogP contribution in [0.25, 0.3) is 0 Å². The summed E-state index contributed by atoms with van der Waals surface area (Å²) in [6.07, 6.45) is 0.569. The minimum absolute atomic E-state index is 0.290. The Bertz CT molecular complexity index is 928. The highest BCUT2D eigenvalue weighted by molar-refractivity contribution is 6.21. The van der Waals surface area contributed by atoms with Crippen LogP contribution in [0.1, 0.15) is 32.7 Å². The number of amides is 4. The Morgan fingerprint density at radius 3 is 2.59 bits per heavy atom. The van der Waals surface area contributed by atoms with E-state index in [-0.39, 0.29) is 17.4 Å². The number of carbonyl (C=O) groups is 3. The van der Waals surface area contributed by atoms with Gasteiger partial charge in [0.25, 0.3) is 11.8 Å². The predicted molar refractivity (Wildman–Crippen MR) is 107 cm³/mol. The molecular formula is C21H23N3O5. The number of benzene rings is 2. The number of rotatable bonds is 8. The second kappa shape index (κ2) is 9.20. The summed E-state index contributed by atoms with van der Waals surface area (Å²) in [7, 11) is 3.15. The minimum atomic E-state index is -0.415. The molecule has 4 amide bonds. The van der Waals surface area contributed by atoms with Gasteiger partial charge >= 0.3 is 6.03 Å². The van der Waals surface area contributed by atoms with Crippen molar-refractivity contribution in [2.24, 2.45) is 0 Å². The van der Waals surface area contributed by atoms with Crippen molar-refractivity contribution < 1.29 is 23.9 Å². The van der Waals surface area contributed by atoms with E-state index in [9.17, 15) is 14.4 Å². The highest BCUT2D eigenvalue weighted by atomic mass is 16.5. The van der Waals surface area contributed by atoms with Crippen LogP contribution in [0.2, 0.25) is 0 Å². The molecule has 3 rings (SSSR count). The van der Waals surface area contributed by atoms with Crippen molar-refractivity contribution in [3.05, 3.63) is 59.2 Å². The van der Waals surface area contributed by atoms with Crippen LogP contribution in [0.5, 0.6) is 5.75 Å². The summed E-state index contributed by atoms with van der Waals surface area (Å²) >= 11 is 0. The fraction of sp³-hybridized carbons (Fsp3) is 0.286. The molecule has 1 aliphatic rings. The Labute approximate surface area is 168 Å². The van der Waals surface area contributed by atoms with Gasteiger partial charge in [-0.15, -0.1) is 0 Å². The number of methoxy groups -OCH3 is 2. The molecule has 8 heteroatoms. The van der Waals surface area contributed by atoms with Crippen LogP contribution in [0.4, 0.5) is 10.5 Å². The molecule has 8 nitrogen and oxygen atoms in total. The molecular weight excluding hydrogens is 374 g/mol. The van der Waals surface area contributed by atoms with E-state index in [0.29, 0.717) is 43.1 Å². The lowest BCUT2D eigenvalue weighted by Gasteiger charge is -2.12. The van der Waals surface area contributed by atoms with Crippen molar-refractivity contribution in [2.45, 2.75) is 13.0 Å².